The highest BCUT2D eigenvalue weighted by Gasteiger charge is 2.14. The molecule has 2 rings (SSSR count). The van der Waals surface area contributed by atoms with E-state index < -0.39 is 0 Å². The molecule has 2 N–H and O–H groups in total. The average molecular weight is 323 g/mol. The number of nitrogens with zero attached hydrogens (tertiary/aromatic N) is 1. The molecule has 5 nitrogen and oxygen atoms in total. The Labute approximate surface area is 134 Å². The summed E-state index contributed by atoms with van der Waals surface area (Å²) < 4.78 is 10.8. The Bertz CT molecular complexity index is 610. The van der Waals surface area contributed by atoms with Crippen LogP contribution in [-0.2, 0) is 6.54 Å². The molecule has 0 aliphatic rings. The molecule has 0 unspecified atom stereocenters. The van der Waals surface area contributed by atoms with Crippen molar-refractivity contribution in [2.75, 3.05) is 20.2 Å². The van der Waals surface area contributed by atoms with E-state index in [1.54, 1.807) is 30.1 Å². The third-order valence-electron chi connectivity index (χ3n) is 3.17. The number of furan rings is 1. The van der Waals surface area contributed by atoms with Crippen molar-refractivity contribution in [2.24, 2.45) is 5.73 Å². The molecule has 0 aliphatic heterocycles. The molecule has 0 fully saturated rings. The minimum atomic E-state index is -0.0880. The number of rotatable bonds is 7. The summed E-state index contributed by atoms with van der Waals surface area (Å²) in [6.45, 7) is 1.40. The molecular weight excluding hydrogens is 304 g/mol. The maximum Gasteiger partial charge on any atom is 0.256 e. The van der Waals surface area contributed by atoms with Gasteiger partial charge in [-0.2, -0.15) is 0 Å². The fourth-order valence-electron chi connectivity index (χ4n) is 1.94. The van der Waals surface area contributed by atoms with Crippen LogP contribution >= 0.6 is 11.6 Å². The number of hydrogen-bond donors (Lipinski definition) is 1. The van der Waals surface area contributed by atoms with Gasteiger partial charge in [0, 0.05) is 18.6 Å². The molecular formula is C16H19ClN2O3. The van der Waals surface area contributed by atoms with Gasteiger partial charge in [0.05, 0.1) is 18.7 Å². The summed E-state index contributed by atoms with van der Waals surface area (Å²) in [6, 6.07) is 8.86. The lowest BCUT2D eigenvalue weighted by Crippen LogP contribution is -2.28. The largest absolute Gasteiger partial charge is 0.494 e. The van der Waals surface area contributed by atoms with Gasteiger partial charge in [0.2, 0.25) is 0 Å². The van der Waals surface area contributed by atoms with Gasteiger partial charge in [0.25, 0.3) is 5.91 Å². The predicted octanol–water partition coefficient (Wildman–Crippen LogP) is 2.93. The minimum absolute atomic E-state index is 0.0880. The van der Waals surface area contributed by atoms with Gasteiger partial charge >= 0.3 is 0 Å². The summed E-state index contributed by atoms with van der Waals surface area (Å²) in [5.74, 6) is 1.28. The standard InChI is InChI=1S/C16H19ClN2O3/c1-19(16(20)12-9-15(10-18)22-11-12)7-2-8-21-14-5-3-13(17)4-6-14/h3-6,9,11H,2,7-8,10,18H2,1H3. The Morgan fingerprint density at radius 2 is 2.09 bits per heavy atom. The molecule has 0 saturated carbocycles. The molecule has 6 heteroatoms. The number of carbonyl (C=O) groups excluding carboxylic acids is 1. The van der Waals surface area contributed by atoms with Crippen molar-refractivity contribution >= 4 is 17.5 Å². The van der Waals surface area contributed by atoms with Gasteiger partial charge in [0.1, 0.15) is 17.8 Å². The Kier molecular flexibility index (Phi) is 5.86. The summed E-state index contributed by atoms with van der Waals surface area (Å²) >= 11 is 5.80. The van der Waals surface area contributed by atoms with E-state index in [-0.39, 0.29) is 12.5 Å². The normalized spacial score (nSPS) is 10.5. The summed E-state index contributed by atoms with van der Waals surface area (Å²) in [5.41, 5.74) is 5.97. The van der Waals surface area contributed by atoms with Gasteiger partial charge in [0.15, 0.2) is 0 Å². The second kappa shape index (κ2) is 7.87. The fourth-order valence-corrected chi connectivity index (χ4v) is 2.07. The number of hydrogen-bond acceptors (Lipinski definition) is 4. The lowest BCUT2D eigenvalue weighted by atomic mass is 10.2. The van der Waals surface area contributed by atoms with Gasteiger partial charge in [-0.05, 0) is 36.8 Å². The van der Waals surface area contributed by atoms with Crippen LogP contribution in [0.15, 0.2) is 41.0 Å². The van der Waals surface area contributed by atoms with E-state index in [1.807, 2.05) is 12.1 Å². The average Bonchev–Trinajstić information content (AvgIpc) is 3.01. The lowest BCUT2D eigenvalue weighted by molar-refractivity contribution is 0.0787. The molecule has 0 atom stereocenters. The van der Waals surface area contributed by atoms with Crippen LogP contribution in [0.25, 0.3) is 0 Å². The first-order valence-electron chi connectivity index (χ1n) is 7.01. The predicted molar refractivity (Wildman–Crippen MR) is 85.1 cm³/mol. The van der Waals surface area contributed by atoms with Crippen LogP contribution in [-0.4, -0.2) is 31.0 Å². The third kappa shape index (κ3) is 4.51. The number of halogens is 1. The maximum absolute atomic E-state index is 12.1. The molecule has 1 aromatic carbocycles. The first-order chi connectivity index (χ1) is 10.6. The minimum Gasteiger partial charge on any atom is -0.494 e. The second-order valence-electron chi connectivity index (χ2n) is 4.89. The number of carbonyl (C=O) groups is 1. The zero-order chi connectivity index (χ0) is 15.9. The Hall–Kier alpha value is -1.98. The smallest absolute Gasteiger partial charge is 0.256 e. The van der Waals surface area contributed by atoms with Crippen molar-refractivity contribution in [3.05, 3.63) is 52.9 Å². The molecule has 1 aromatic heterocycles. The monoisotopic (exact) mass is 322 g/mol. The number of ether oxygens (including phenoxy) is 1. The van der Waals surface area contributed by atoms with E-state index >= 15 is 0 Å². The van der Waals surface area contributed by atoms with Gasteiger partial charge < -0.3 is 19.8 Å². The molecule has 118 valence electrons. The van der Waals surface area contributed by atoms with Crippen molar-refractivity contribution in [3.8, 4) is 5.75 Å². The Morgan fingerprint density at radius 1 is 1.36 bits per heavy atom. The molecule has 0 saturated heterocycles. The van der Waals surface area contributed by atoms with E-state index in [9.17, 15) is 4.79 Å². The van der Waals surface area contributed by atoms with Crippen LogP contribution in [0, 0.1) is 0 Å². The summed E-state index contributed by atoms with van der Waals surface area (Å²) in [7, 11) is 1.75. The van der Waals surface area contributed by atoms with Crippen LogP contribution in [0.3, 0.4) is 0 Å². The van der Waals surface area contributed by atoms with E-state index in [0.29, 0.717) is 29.5 Å². The van der Waals surface area contributed by atoms with Crippen LogP contribution in [0.4, 0.5) is 0 Å². The fraction of sp³-hybridized carbons (Fsp3) is 0.312. The summed E-state index contributed by atoms with van der Waals surface area (Å²) in [6.07, 6.45) is 2.16. The highest BCUT2D eigenvalue weighted by molar-refractivity contribution is 6.30. The zero-order valence-corrected chi connectivity index (χ0v) is 13.2. The van der Waals surface area contributed by atoms with Gasteiger partial charge in [-0.3, -0.25) is 4.79 Å². The van der Waals surface area contributed by atoms with Crippen molar-refractivity contribution in [1.82, 2.24) is 4.90 Å². The van der Waals surface area contributed by atoms with Crippen LogP contribution in [0.2, 0.25) is 5.02 Å². The molecule has 22 heavy (non-hydrogen) atoms. The van der Waals surface area contributed by atoms with Crippen molar-refractivity contribution in [3.63, 3.8) is 0 Å². The molecule has 0 aliphatic carbocycles. The first kappa shape index (κ1) is 16.4. The number of benzene rings is 1. The SMILES string of the molecule is CN(CCCOc1ccc(Cl)cc1)C(=O)c1coc(CN)c1. The third-order valence-corrected chi connectivity index (χ3v) is 3.42. The van der Waals surface area contributed by atoms with Crippen LogP contribution in [0.5, 0.6) is 5.75 Å². The van der Waals surface area contributed by atoms with Gasteiger partial charge in [-0.15, -0.1) is 0 Å². The quantitative estimate of drug-likeness (QED) is 0.796. The van der Waals surface area contributed by atoms with Crippen LogP contribution < -0.4 is 10.5 Å². The highest BCUT2D eigenvalue weighted by Crippen LogP contribution is 2.15. The number of nitrogens with two attached hydrogens (primary N) is 1. The van der Waals surface area contributed by atoms with E-state index in [1.165, 1.54) is 6.26 Å². The molecule has 2 aromatic rings. The van der Waals surface area contributed by atoms with E-state index in [0.717, 1.165) is 12.2 Å². The Morgan fingerprint density at radius 3 is 2.73 bits per heavy atom. The van der Waals surface area contributed by atoms with Crippen LogP contribution in [0.1, 0.15) is 22.5 Å². The molecule has 1 amide bonds. The maximum atomic E-state index is 12.1. The highest BCUT2D eigenvalue weighted by atomic mass is 35.5. The lowest BCUT2D eigenvalue weighted by Gasteiger charge is -2.16. The molecule has 0 radical (unpaired) electrons. The summed E-state index contributed by atoms with van der Waals surface area (Å²) in [4.78, 5) is 13.8. The molecule has 0 bridgehead atoms. The number of amides is 1. The van der Waals surface area contributed by atoms with Crippen molar-refractivity contribution < 1.29 is 13.9 Å². The van der Waals surface area contributed by atoms with Crippen molar-refractivity contribution in [1.29, 1.82) is 0 Å². The van der Waals surface area contributed by atoms with Gasteiger partial charge in [-0.25, -0.2) is 0 Å². The van der Waals surface area contributed by atoms with Gasteiger partial charge in [-0.1, -0.05) is 11.6 Å². The molecule has 1 heterocycles. The zero-order valence-electron chi connectivity index (χ0n) is 12.4. The first-order valence-corrected chi connectivity index (χ1v) is 7.39. The second-order valence-corrected chi connectivity index (χ2v) is 5.32. The van der Waals surface area contributed by atoms with E-state index in [4.69, 9.17) is 26.5 Å². The topological polar surface area (TPSA) is 68.7 Å². The molecule has 0 spiro atoms. The Balaban J connectivity index is 1.74. The summed E-state index contributed by atoms with van der Waals surface area (Å²) in [5, 5.41) is 0.676. The van der Waals surface area contributed by atoms with Crippen molar-refractivity contribution in [2.45, 2.75) is 13.0 Å². The van der Waals surface area contributed by atoms with E-state index in [2.05, 4.69) is 0 Å².